The van der Waals surface area contributed by atoms with Gasteiger partial charge in [-0.2, -0.15) is 0 Å². The van der Waals surface area contributed by atoms with E-state index in [2.05, 4.69) is 15.6 Å². The molecule has 0 saturated carbocycles. The fourth-order valence-corrected chi connectivity index (χ4v) is 2.76. The molecule has 0 unspecified atom stereocenters. The summed E-state index contributed by atoms with van der Waals surface area (Å²) in [6, 6.07) is 5.04. The summed E-state index contributed by atoms with van der Waals surface area (Å²) >= 11 is 12.1. The second-order valence-electron chi connectivity index (χ2n) is 5.11. The van der Waals surface area contributed by atoms with Gasteiger partial charge in [-0.1, -0.05) is 29.3 Å². The molecule has 1 aliphatic heterocycles. The largest absolute Gasteiger partial charge is 0.438 e. The Morgan fingerprint density at radius 2 is 2.17 bits per heavy atom. The Morgan fingerprint density at radius 1 is 1.33 bits per heavy atom. The first kappa shape index (κ1) is 19.0. The number of ether oxygens (including phenoxy) is 1. The number of nitrogens with one attached hydrogen (secondary N) is 2. The van der Waals surface area contributed by atoms with Crippen LogP contribution in [0.3, 0.4) is 0 Å². The molecule has 2 aromatic rings. The van der Waals surface area contributed by atoms with Crippen molar-refractivity contribution in [2.45, 2.75) is 12.1 Å². The number of rotatable bonds is 3. The molecule has 1 aliphatic rings. The Labute approximate surface area is 155 Å². The summed E-state index contributed by atoms with van der Waals surface area (Å²) in [5.41, 5.74) is 0.853. The minimum atomic E-state index is -0.343. The summed E-state index contributed by atoms with van der Waals surface area (Å²) in [6.07, 6.45) is 2.24. The van der Waals surface area contributed by atoms with Crippen molar-refractivity contribution in [3.63, 3.8) is 0 Å². The van der Waals surface area contributed by atoms with Gasteiger partial charge in [0.1, 0.15) is 6.10 Å². The molecule has 3 rings (SSSR count). The molecule has 0 bridgehead atoms. The number of halogens is 3. The zero-order valence-corrected chi connectivity index (χ0v) is 14.8. The molecule has 0 aliphatic carbocycles. The normalized spacial score (nSPS) is 20.8. The van der Waals surface area contributed by atoms with Crippen LogP contribution in [-0.4, -0.2) is 36.6 Å². The fourth-order valence-electron chi connectivity index (χ4n) is 2.45. The molecule has 6 nitrogen and oxygen atoms in total. The van der Waals surface area contributed by atoms with Gasteiger partial charge in [0, 0.05) is 13.1 Å². The van der Waals surface area contributed by atoms with E-state index < -0.39 is 0 Å². The van der Waals surface area contributed by atoms with E-state index in [-0.39, 0.29) is 36.2 Å². The Balaban J connectivity index is 0.00000208. The van der Waals surface area contributed by atoms with Crippen LogP contribution < -0.4 is 10.6 Å². The maximum atomic E-state index is 12.2. The quantitative estimate of drug-likeness (QED) is 0.840. The topological polar surface area (TPSA) is 76.4 Å². The van der Waals surface area contributed by atoms with Crippen LogP contribution in [0.5, 0.6) is 0 Å². The second-order valence-corrected chi connectivity index (χ2v) is 5.93. The Bertz CT molecular complexity index is 682. The predicted molar refractivity (Wildman–Crippen MR) is 93.0 cm³/mol. The van der Waals surface area contributed by atoms with Crippen molar-refractivity contribution in [1.29, 1.82) is 0 Å². The van der Waals surface area contributed by atoms with E-state index >= 15 is 0 Å². The SMILES string of the molecule is Cl.O=C(N[C@@H]1CNCCO[C@H]1c1ccc(Cl)c(Cl)c1)c1cnco1. The van der Waals surface area contributed by atoms with Gasteiger partial charge in [-0.3, -0.25) is 4.79 Å². The lowest BCUT2D eigenvalue weighted by molar-refractivity contribution is 0.0411. The first-order valence-electron chi connectivity index (χ1n) is 7.12. The number of carbonyl (C=O) groups is 1. The molecule has 1 aromatic heterocycles. The van der Waals surface area contributed by atoms with Crippen molar-refractivity contribution in [1.82, 2.24) is 15.6 Å². The van der Waals surface area contributed by atoms with E-state index in [1.54, 1.807) is 12.1 Å². The lowest BCUT2D eigenvalue weighted by Crippen LogP contribution is -2.44. The summed E-state index contributed by atoms with van der Waals surface area (Å²) in [5.74, 6) is -0.188. The van der Waals surface area contributed by atoms with Crippen LogP contribution in [0.25, 0.3) is 0 Å². The van der Waals surface area contributed by atoms with Crippen LogP contribution in [-0.2, 0) is 4.74 Å². The highest BCUT2D eigenvalue weighted by molar-refractivity contribution is 6.42. The minimum Gasteiger partial charge on any atom is -0.438 e. The second kappa shape index (κ2) is 8.69. The van der Waals surface area contributed by atoms with Gasteiger partial charge in [-0.15, -0.1) is 12.4 Å². The predicted octanol–water partition coefficient (Wildman–Crippen LogP) is 2.86. The molecular weight excluding hydrogens is 377 g/mol. The van der Waals surface area contributed by atoms with Gasteiger partial charge in [-0.05, 0) is 17.7 Å². The van der Waals surface area contributed by atoms with E-state index in [4.69, 9.17) is 32.4 Å². The van der Waals surface area contributed by atoms with Gasteiger partial charge in [0.25, 0.3) is 5.91 Å². The molecule has 1 aromatic carbocycles. The first-order valence-corrected chi connectivity index (χ1v) is 7.87. The lowest BCUT2D eigenvalue weighted by atomic mass is 10.0. The van der Waals surface area contributed by atoms with Gasteiger partial charge >= 0.3 is 0 Å². The standard InChI is InChI=1S/C15H15Cl2N3O3.ClH/c16-10-2-1-9(5-11(10)17)14-12(6-18-3-4-22-14)20-15(21)13-7-19-8-23-13;/h1-2,5,7-8,12,14,18H,3-4,6H2,(H,20,21);1H/t12-,14+;/m1./s1. The number of carbonyl (C=O) groups excluding carboxylic acids is 1. The number of hydrogen-bond acceptors (Lipinski definition) is 5. The smallest absolute Gasteiger partial charge is 0.289 e. The van der Waals surface area contributed by atoms with Crippen molar-refractivity contribution in [2.75, 3.05) is 19.7 Å². The van der Waals surface area contributed by atoms with Crippen molar-refractivity contribution >= 4 is 41.5 Å². The molecule has 2 atom stereocenters. The maximum Gasteiger partial charge on any atom is 0.289 e. The third-order valence-corrected chi connectivity index (χ3v) is 4.29. The average molecular weight is 393 g/mol. The monoisotopic (exact) mass is 391 g/mol. The first-order chi connectivity index (χ1) is 11.1. The highest BCUT2D eigenvalue weighted by Gasteiger charge is 2.29. The fraction of sp³-hybridized carbons (Fsp3) is 0.333. The molecule has 9 heteroatoms. The Morgan fingerprint density at radius 3 is 2.88 bits per heavy atom. The van der Waals surface area contributed by atoms with Crippen molar-refractivity contribution < 1.29 is 13.9 Å². The van der Waals surface area contributed by atoms with E-state index in [0.717, 1.165) is 5.56 Å². The number of amides is 1. The molecule has 1 fully saturated rings. The summed E-state index contributed by atoms with van der Waals surface area (Å²) in [5, 5.41) is 7.06. The van der Waals surface area contributed by atoms with E-state index in [1.165, 1.54) is 12.6 Å². The lowest BCUT2D eigenvalue weighted by Gasteiger charge is -2.26. The van der Waals surface area contributed by atoms with Crippen LogP contribution in [0.4, 0.5) is 0 Å². The van der Waals surface area contributed by atoms with E-state index in [1.807, 2.05) is 6.07 Å². The van der Waals surface area contributed by atoms with E-state index in [9.17, 15) is 4.79 Å². The summed E-state index contributed by atoms with van der Waals surface area (Å²) in [7, 11) is 0. The zero-order chi connectivity index (χ0) is 16.2. The van der Waals surface area contributed by atoms with Crippen molar-refractivity contribution in [2.24, 2.45) is 0 Å². The van der Waals surface area contributed by atoms with Gasteiger partial charge < -0.3 is 19.8 Å². The van der Waals surface area contributed by atoms with Gasteiger partial charge in [-0.25, -0.2) is 4.98 Å². The summed E-state index contributed by atoms with van der Waals surface area (Å²) in [4.78, 5) is 16.0. The summed E-state index contributed by atoms with van der Waals surface area (Å²) in [6.45, 7) is 1.79. The zero-order valence-electron chi connectivity index (χ0n) is 12.5. The molecule has 1 amide bonds. The number of oxazole rings is 1. The molecule has 1 saturated heterocycles. The minimum absolute atomic E-state index is 0. The molecule has 2 heterocycles. The van der Waals surface area contributed by atoms with Gasteiger partial charge in [0.2, 0.25) is 5.76 Å². The van der Waals surface area contributed by atoms with Crippen LogP contribution >= 0.6 is 35.6 Å². The van der Waals surface area contributed by atoms with Gasteiger partial charge in [0.05, 0.1) is 28.9 Å². The third-order valence-electron chi connectivity index (χ3n) is 3.55. The molecule has 2 N–H and O–H groups in total. The van der Waals surface area contributed by atoms with Crippen LogP contribution in [0.15, 0.2) is 35.2 Å². The van der Waals surface area contributed by atoms with Gasteiger partial charge in [0.15, 0.2) is 6.39 Å². The number of hydrogen-bond donors (Lipinski definition) is 2. The molecular formula is C15H16Cl3N3O3. The Kier molecular flexibility index (Phi) is 6.89. The van der Waals surface area contributed by atoms with Crippen molar-refractivity contribution in [3.8, 4) is 0 Å². The molecule has 0 radical (unpaired) electrons. The highest BCUT2D eigenvalue weighted by atomic mass is 35.5. The van der Waals surface area contributed by atoms with Crippen LogP contribution in [0.1, 0.15) is 22.2 Å². The Hall–Kier alpha value is -1.31. The van der Waals surface area contributed by atoms with Crippen LogP contribution in [0.2, 0.25) is 10.0 Å². The average Bonchev–Trinajstić information content (AvgIpc) is 2.98. The number of benzene rings is 1. The molecule has 0 spiro atoms. The van der Waals surface area contributed by atoms with E-state index in [0.29, 0.717) is 29.7 Å². The maximum absolute atomic E-state index is 12.2. The third kappa shape index (κ3) is 4.40. The number of aromatic nitrogens is 1. The molecule has 24 heavy (non-hydrogen) atoms. The molecule has 130 valence electrons. The highest BCUT2D eigenvalue weighted by Crippen LogP contribution is 2.29. The number of nitrogens with zero attached hydrogens (tertiary/aromatic N) is 1. The summed E-state index contributed by atoms with van der Waals surface area (Å²) < 4.78 is 10.9. The van der Waals surface area contributed by atoms with Crippen molar-refractivity contribution in [3.05, 3.63) is 52.2 Å². The van der Waals surface area contributed by atoms with Crippen LogP contribution in [0, 0.1) is 0 Å².